The van der Waals surface area contributed by atoms with Crippen LogP contribution < -0.4 is 0 Å². The van der Waals surface area contributed by atoms with Crippen molar-refractivity contribution in [3.05, 3.63) is 29.2 Å². The Morgan fingerprint density at radius 3 is 3.18 bits per heavy atom. The SMILES string of the molecule is Cc1cc2c(o1)C=CC(C)C2. The average Bonchev–Trinajstić information content (AvgIpc) is 2.27. The minimum atomic E-state index is 0.666. The van der Waals surface area contributed by atoms with Crippen LogP contribution in [0.4, 0.5) is 0 Å². The summed E-state index contributed by atoms with van der Waals surface area (Å²) in [6.07, 6.45) is 5.41. The summed E-state index contributed by atoms with van der Waals surface area (Å²) in [5, 5.41) is 0. The lowest BCUT2D eigenvalue weighted by Gasteiger charge is -2.09. The number of furan rings is 1. The van der Waals surface area contributed by atoms with E-state index < -0.39 is 0 Å². The number of hydrogen-bond acceptors (Lipinski definition) is 1. The molecule has 1 atom stereocenters. The van der Waals surface area contributed by atoms with Crippen molar-refractivity contribution in [3.63, 3.8) is 0 Å². The molecule has 0 N–H and O–H groups in total. The third kappa shape index (κ3) is 1.11. The molecule has 0 radical (unpaired) electrons. The minimum absolute atomic E-state index is 0.666. The van der Waals surface area contributed by atoms with E-state index in [9.17, 15) is 0 Å². The van der Waals surface area contributed by atoms with Gasteiger partial charge in [0.1, 0.15) is 11.5 Å². The molecule has 1 unspecified atom stereocenters. The van der Waals surface area contributed by atoms with E-state index in [2.05, 4.69) is 25.1 Å². The van der Waals surface area contributed by atoms with Crippen molar-refractivity contribution in [3.8, 4) is 0 Å². The predicted molar refractivity (Wildman–Crippen MR) is 45.3 cm³/mol. The van der Waals surface area contributed by atoms with Gasteiger partial charge in [-0.2, -0.15) is 0 Å². The van der Waals surface area contributed by atoms with Gasteiger partial charge in [-0.1, -0.05) is 13.0 Å². The van der Waals surface area contributed by atoms with E-state index in [1.54, 1.807) is 0 Å². The molecule has 1 heterocycles. The molecule has 1 aliphatic carbocycles. The Morgan fingerprint density at radius 1 is 1.55 bits per heavy atom. The Hall–Kier alpha value is -0.980. The first-order chi connectivity index (χ1) is 5.25. The van der Waals surface area contributed by atoms with Crippen molar-refractivity contribution < 1.29 is 4.42 Å². The van der Waals surface area contributed by atoms with Crippen LogP contribution in [-0.2, 0) is 6.42 Å². The van der Waals surface area contributed by atoms with E-state index in [1.165, 1.54) is 5.56 Å². The summed E-state index contributed by atoms with van der Waals surface area (Å²) < 4.78 is 5.47. The summed E-state index contributed by atoms with van der Waals surface area (Å²) in [5.41, 5.74) is 1.36. The zero-order chi connectivity index (χ0) is 7.84. The summed E-state index contributed by atoms with van der Waals surface area (Å²) in [5.74, 6) is 2.74. The zero-order valence-corrected chi connectivity index (χ0v) is 6.92. The molecule has 11 heavy (non-hydrogen) atoms. The van der Waals surface area contributed by atoms with Crippen LogP contribution in [0.3, 0.4) is 0 Å². The zero-order valence-electron chi connectivity index (χ0n) is 6.92. The first-order valence-electron chi connectivity index (χ1n) is 4.03. The van der Waals surface area contributed by atoms with E-state index >= 15 is 0 Å². The summed E-state index contributed by atoms with van der Waals surface area (Å²) in [4.78, 5) is 0. The first kappa shape index (κ1) is 6.71. The van der Waals surface area contributed by atoms with Crippen molar-refractivity contribution in [1.82, 2.24) is 0 Å². The Balaban J connectivity index is 2.44. The lowest BCUT2D eigenvalue weighted by molar-refractivity contribution is 0.516. The van der Waals surface area contributed by atoms with Crippen LogP contribution in [0.1, 0.15) is 24.0 Å². The normalized spacial score (nSPS) is 21.8. The second kappa shape index (κ2) is 2.26. The standard InChI is InChI=1S/C10H12O/c1-7-3-4-10-9(5-7)6-8(2)11-10/h3-4,6-7H,5H2,1-2H3. The number of allylic oxidation sites excluding steroid dienone is 1. The van der Waals surface area contributed by atoms with Crippen LogP contribution in [0.5, 0.6) is 0 Å². The lowest BCUT2D eigenvalue weighted by atomic mass is 9.96. The minimum Gasteiger partial charge on any atom is -0.462 e. The largest absolute Gasteiger partial charge is 0.462 e. The molecular formula is C10H12O. The topological polar surface area (TPSA) is 13.1 Å². The predicted octanol–water partition coefficient (Wildman–Crippen LogP) is 2.79. The van der Waals surface area contributed by atoms with E-state index in [-0.39, 0.29) is 0 Å². The molecule has 0 saturated heterocycles. The molecule has 0 amide bonds. The Labute approximate surface area is 66.7 Å². The summed E-state index contributed by atoms with van der Waals surface area (Å²) >= 11 is 0. The van der Waals surface area contributed by atoms with E-state index in [0.717, 1.165) is 17.9 Å². The third-order valence-electron chi connectivity index (χ3n) is 2.08. The fraction of sp³-hybridized carbons (Fsp3) is 0.400. The van der Waals surface area contributed by atoms with E-state index in [1.807, 2.05) is 6.92 Å². The summed E-state index contributed by atoms with van der Waals surface area (Å²) in [6.45, 7) is 4.22. The highest BCUT2D eigenvalue weighted by molar-refractivity contribution is 5.51. The van der Waals surface area contributed by atoms with Crippen molar-refractivity contribution in [2.45, 2.75) is 20.3 Å². The highest BCUT2D eigenvalue weighted by Crippen LogP contribution is 2.25. The Morgan fingerprint density at radius 2 is 2.36 bits per heavy atom. The highest BCUT2D eigenvalue weighted by atomic mass is 16.3. The van der Waals surface area contributed by atoms with Gasteiger partial charge in [0.05, 0.1) is 0 Å². The van der Waals surface area contributed by atoms with Gasteiger partial charge in [0.15, 0.2) is 0 Å². The summed E-state index contributed by atoms with van der Waals surface area (Å²) in [7, 11) is 0. The summed E-state index contributed by atoms with van der Waals surface area (Å²) in [6, 6.07) is 2.13. The second-order valence-corrected chi connectivity index (χ2v) is 3.29. The number of aryl methyl sites for hydroxylation is 1. The van der Waals surface area contributed by atoms with Gasteiger partial charge >= 0.3 is 0 Å². The molecule has 58 valence electrons. The molecule has 0 aromatic carbocycles. The Bertz CT molecular complexity index is 294. The van der Waals surface area contributed by atoms with Gasteiger partial charge in [0.2, 0.25) is 0 Å². The number of rotatable bonds is 0. The molecule has 0 bridgehead atoms. The second-order valence-electron chi connectivity index (χ2n) is 3.29. The number of hydrogen-bond donors (Lipinski definition) is 0. The maximum atomic E-state index is 5.47. The van der Waals surface area contributed by atoms with Crippen molar-refractivity contribution in [2.24, 2.45) is 5.92 Å². The van der Waals surface area contributed by atoms with Gasteiger partial charge in [-0.05, 0) is 37.0 Å². The highest BCUT2D eigenvalue weighted by Gasteiger charge is 2.13. The van der Waals surface area contributed by atoms with E-state index in [4.69, 9.17) is 4.42 Å². The van der Waals surface area contributed by atoms with Crippen molar-refractivity contribution in [1.29, 1.82) is 0 Å². The molecule has 1 aliphatic rings. The van der Waals surface area contributed by atoms with Gasteiger partial charge in [-0.3, -0.25) is 0 Å². The van der Waals surface area contributed by atoms with Crippen LogP contribution in [0.25, 0.3) is 6.08 Å². The molecule has 0 spiro atoms. The fourth-order valence-corrected chi connectivity index (χ4v) is 1.55. The van der Waals surface area contributed by atoms with Gasteiger partial charge in [0, 0.05) is 0 Å². The van der Waals surface area contributed by atoms with Crippen LogP contribution in [-0.4, -0.2) is 0 Å². The fourth-order valence-electron chi connectivity index (χ4n) is 1.55. The molecule has 0 saturated carbocycles. The molecule has 0 fully saturated rings. The third-order valence-corrected chi connectivity index (χ3v) is 2.08. The lowest BCUT2D eigenvalue weighted by Crippen LogP contribution is -1.99. The van der Waals surface area contributed by atoms with Crippen LogP contribution in [0, 0.1) is 12.8 Å². The van der Waals surface area contributed by atoms with Gasteiger partial charge in [-0.15, -0.1) is 0 Å². The number of fused-ring (bicyclic) bond motifs is 1. The maximum absolute atomic E-state index is 5.47. The van der Waals surface area contributed by atoms with E-state index in [0.29, 0.717) is 5.92 Å². The van der Waals surface area contributed by atoms with Crippen LogP contribution in [0.15, 0.2) is 16.6 Å². The maximum Gasteiger partial charge on any atom is 0.129 e. The van der Waals surface area contributed by atoms with Gasteiger partial charge < -0.3 is 4.42 Å². The van der Waals surface area contributed by atoms with Crippen molar-refractivity contribution in [2.75, 3.05) is 0 Å². The van der Waals surface area contributed by atoms with Gasteiger partial charge in [0.25, 0.3) is 0 Å². The smallest absolute Gasteiger partial charge is 0.129 e. The molecule has 1 heteroatoms. The first-order valence-corrected chi connectivity index (χ1v) is 4.03. The molecule has 1 nitrogen and oxygen atoms in total. The Kier molecular flexibility index (Phi) is 1.38. The molecule has 1 aromatic heterocycles. The van der Waals surface area contributed by atoms with Gasteiger partial charge in [-0.25, -0.2) is 0 Å². The monoisotopic (exact) mass is 148 g/mol. The van der Waals surface area contributed by atoms with Crippen LogP contribution in [0.2, 0.25) is 0 Å². The molecule has 2 rings (SSSR count). The quantitative estimate of drug-likeness (QED) is 0.551. The van der Waals surface area contributed by atoms with Crippen LogP contribution >= 0.6 is 0 Å². The molecule has 1 aromatic rings. The molecular weight excluding hydrogens is 136 g/mol. The molecule has 0 aliphatic heterocycles. The van der Waals surface area contributed by atoms with Crippen molar-refractivity contribution >= 4 is 6.08 Å². The average molecular weight is 148 g/mol.